The number of nitrogens with one attached hydrogen (secondary N) is 3. The number of hydrogen-bond acceptors (Lipinski definition) is 4. The molecule has 128 valence electrons. The molecule has 0 aliphatic heterocycles. The molecule has 0 fully saturated rings. The summed E-state index contributed by atoms with van der Waals surface area (Å²) in [5, 5.41) is 18.1. The van der Waals surface area contributed by atoms with Crippen molar-refractivity contribution in [3.63, 3.8) is 0 Å². The van der Waals surface area contributed by atoms with Crippen molar-refractivity contribution in [2.75, 3.05) is 6.54 Å². The number of nitrogens with zero attached hydrogens (tertiary/aromatic N) is 1. The standard InChI is InChI=1S/C15H23N5O.C2H6/c1-2-3-9-19-15(21)13(17)14(18)20(11-16)10-12-7-5-4-6-8-12;1-2/h4-8,11,13,16,18H,2-3,9-10,17H2,1H3,(H,19,21);1-2H3. The second kappa shape index (κ2) is 12.3. The van der Waals surface area contributed by atoms with Gasteiger partial charge in [0.05, 0.1) is 12.9 Å². The summed E-state index contributed by atoms with van der Waals surface area (Å²) in [6, 6.07) is 8.41. The molecular weight excluding hydrogens is 290 g/mol. The molecule has 6 nitrogen and oxygen atoms in total. The molecule has 0 aliphatic carbocycles. The summed E-state index contributed by atoms with van der Waals surface area (Å²) in [5.74, 6) is -0.462. The maximum Gasteiger partial charge on any atom is 0.244 e. The minimum absolute atomic E-state index is 0.0807. The maximum absolute atomic E-state index is 11.9. The van der Waals surface area contributed by atoms with Crippen molar-refractivity contribution in [3.05, 3.63) is 35.9 Å². The molecule has 23 heavy (non-hydrogen) atoms. The van der Waals surface area contributed by atoms with Gasteiger partial charge in [-0.15, -0.1) is 0 Å². The Balaban J connectivity index is 0.00000232. The molecular formula is C17H29N5O. The third kappa shape index (κ3) is 7.56. The molecule has 0 heterocycles. The van der Waals surface area contributed by atoms with E-state index in [-0.39, 0.29) is 11.7 Å². The van der Waals surface area contributed by atoms with Crippen LogP contribution in [0.4, 0.5) is 0 Å². The van der Waals surface area contributed by atoms with Crippen LogP contribution in [0.5, 0.6) is 0 Å². The van der Waals surface area contributed by atoms with Crippen LogP contribution in [0.2, 0.25) is 0 Å². The molecule has 1 rings (SSSR count). The van der Waals surface area contributed by atoms with E-state index in [9.17, 15) is 4.79 Å². The summed E-state index contributed by atoms with van der Waals surface area (Å²) < 4.78 is 0. The van der Waals surface area contributed by atoms with Crippen LogP contribution in [0.25, 0.3) is 0 Å². The van der Waals surface area contributed by atoms with Crippen LogP contribution < -0.4 is 11.1 Å². The summed E-state index contributed by atoms with van der Waals surface area (Å²) in [6.07, 6.45) is 2.88. The minimum atomic E-state index is -1.06. The Bertz CT molecular complexity index is 475. The zero-order valence-electron chi connectivity index (χ0n) is 14.3. The van der Waals surface area contributed by atoms with Crippen LogP contribution in [0, 0.1) is 10.8 Å². The molecule has 0 saturated carbocycles. The van der Waals surface area contributed by atoms with E-state index in [1.54, 1.807) is 0 Å². The lowest BCUT2D eigenvalue weighted by Crippen LogP contribution is -2.51. The predicted octanol–water partition coefficient (Wildman–Crippen LogP) is 2.34. The summed E-state index contributed by atoms with van der Waals surface area (Å²) in [6.45, 7) is 6.93. The van der Waals surface area contributed by atoms with Crippen molar-refractivity contribution in [1.82, 2.24) is 10.2 Å². The molecule has 0 spiro atoms. The highest BCUT2D eigenvalue weighted by Crippen LogP contribution is 2.04. The summed E-state index contributed by atoms with van der Waals surface area (Å²) in [7, 11) is 0. The molecule has 0 bridgehead atoms. The van der Waals surface area contributed by atoms with Crippen molar-refractivity contribution >= 4 is 18.1 Å². The normalized spacial score (nSPS) is 10.8. The highest BCUT2D eigenvalue weighted by molar-refractivity contribution is 6.08. The molecule has 5 N–H and O–H groups in total. The second-order valence-electron chi connectivity index (χ2n) is 4.75. The molecule has 1 aromatic carbocycles. The lowest BCUT2D eigenvalue weighted by atomic mass is 10.2. The molecule has 0 aromatic heterocycles. The average molecular weight is 319 g/mol. The van der Waals surface area contributed by atoms with E-state index in [4.69, 9.17) is 16.6 Å². The van der Waals surface area contributed by atoms with Crippen LogP contribution >= 0.6 is 0 Å². The van der Waals surface area contributed by atoms with Crippen molar-refractivity contribution in [2.45, 2.75) is 46.2 Å². The maximum atomic E-state index is 11.9. The molecule has 6 heteroatoms. The van der Waals surface area contributed by atoms with E-state index >= 15 is 0 Å². The first-order valence-corrected chi connectivity index (χ1v) is 8.03. The van der Waals surface area contributed by atoms with Gasteiger partial charge in [0.25, 0.3) is 0 Å². The van der Waals surface area contributed by atoms with Crippen LogP contribution in [0.1, 0.15) is 39.2 Å². The Labute approximate surface area is 139 Å². The highest BCUT2D eigenvalue weighted by Gasteiger charge is 2.22. The van der Waals surface area contributed by atoms with Gasteiger partial charge in [0.2, 0.25) is 5.91 Å². The highest BCUT2D eigenvalue weighted by atomic mass is 16.2. The Morgan fingerprint density at radius 2 is 1.96 bits per heavy atom. The number of amidine groups is 1. The SMILES string of the molecule is CC.CCCCNC(=O)C(N)C(=N)N(C=N)Cc1ccccc1. The van der Waals surface area contributed by atoms with Gasteiger partial charge in [-0.1, -0.05) is 57.5 Å². The van der Waals surface area contributed by atoms with Gasteiger partial charge in [-0.05, 0) is 12.0 Å². The van der Waals surface area contributed by atoms with E-state index in [1.807, 2.05) is 51.1 Å². The molecule has 0 saturated heterocycles. The van der Waals surface area contributed by atoms with Gasteiger partial charge in [0, 0.05) is 6.54 Å². The zero-order valence-corrected chi connectivity index (χ0v) is 14.3. The van der Waals surface area contributed by atoms with Gasteiger partial charge in [0.15, 0.2) is 0 Å². The number of hydrogen-bond donors (Lipinski definition) is 4. The molecule has 1 atom stereocenters. The van der Waals surface area contributed by atoms with Gasteiger partial charge in [0.1, 0.15) is 11.9 Å². The number of nitrogens with two attached hydrogens (primary N) is 1. The predicted molar refractivity (Wildman–Crippen MR) is 95.7 cm³/mol. The van der Waals surface area contributed by atoms with Crippen LogP contribution in [0.15, 0.2) is 30.3 Å². The van der Waals surface area contributed by atoms with Crippen molar-refractivity contribution in [3.8, 4) is 0 Å². The van der Waals surface area contributed by atoms with Crippen LogP contribution in [0.3, 0.4) is 0 Å². The summed E-state index contributed by atoms with van der Waals surface area (Å²) >= 11 is 0. The van der Waals surface area contributed by atoms with Crippen molar-refractivity contribution in [1.29, 1.82) is 10.8 Å². The monoisotopic (exact) mass is 319 g/mol. The summed E-state index contributed by atoms with van der Waals surface area (Å²) in [5.41, 5.74) is 6.74. The smallest absolute Gasteiger partial charge is 0.244 e. The Morgan fingerprint density at radius 3 is 2.48 bits per heavy atom. The van der Waals surface area contributed by atoms with Gasteiger partial charge in [-0.25, -0.2) is 0 Å². The molecule has 1 amide bonds. The zero-order chi connectivity index (χ0) is 17.7. The number of benzene rings is 1. The lowest BCUT2D eigenvalue weighted by Gasteiger charge is -2.23. The number of amides is 1. The van der Waals surface area contributed by atoms with E-state index in [0.29, 0.717) is 13.1 Å². The fraction of sp³-hybridized carbons (Fsp3) is 0.471. The number of carbonyl (C=O) groups is 1. The number of unbranched alkanes of at least 4 members (excludes halogenated alkanes) is 1. The van der Waals surface area contributed by atoms with Crippen LogP contribution in [-0.4, -0.2) is 35.6 Å². The summed E-state index contributed by atoms with van der Waals surface area (Å²) in [4.78, 5) is 13.2. The third-order valence-corrected chi connectivity index (χ3v) is 3.07. The van der Waals surface area contributed by atoms with E-state index in [2.05, 4.69) is 5.32 Å². The average Bonchev–Trinajstić information content (AvgIpc) is 2.61. The van der Waals surface area contributed by atoms with E-state index < -0.39 is 6.04 Å². The van der Waals surface area contributed by atoms with E-state index in [1.165, 1.54) is 4.90 Å². The minimum Gasteiger partial charge on any atom is -0.354 e. The quantitative estimate of drug-likeness (QED) is 0.336. The fourth-order valence-electron chi connectivity index (χ4n) is 1.78. The number of rotatable bonds is 8. The first kappa shape index (κ1) is 20.8. The number of carbonyl (C=O) groups excluding carboxylic acids is 1. The first-order valence-electron chi connectivity index (χ1n) is 8.03. The Kier molecular flexibility index (Phi) is 11.2. The van der Waals surface area contributed by atoms with Gasteiger partial charge < -0.3 is 16.0 Å². The molecule has 1 unspecified atom stereocenters. The van der Waals surface area contributed by atoms with Crippen molar-refractivity contribution in [2.24, 2.45) is 5.73 Å². The fourth-order valence-corrected chi connectivity index (χ4v) is 1.78. The Hall–Kier alpha value is -2.21. The van der Waals surface area contributed by atoms with E-state index in [0.717, 1.165) is 24.7 Å². The Morgan fingerprint density at radius 1 is 1.35 bits per heavy atom. The van der Waals surface area contributed by atoms with Gasteiger partial charge in [-0.3, -0.25) is 15.6 Å². The molecule has 0 radical (unpaired) electrons. The lowest BCUT2D eigenvalue weighted by molar-refractivity contribution is -0.121. The van der Waals surface area contributed by atoms with Gasteiger partial charge >= 0.3 is 0 Å². The van der Waals surface area contributed by atoms with Crippen LogP contribution in [-0.2, 0) is 11.3 Å². The molecule has 1 aromatic rings. The first-order chi connectivity index (χ1) is 11.1. The second-order valence-corrected chi connectivity index (χ2v) is 4.75. The van der Waals surface area contributed by atoms with Crippen molar-refractivity contribution < 1.29 is 4.79 Å². The molecule has 0 aliphatic rings. The largest absolute Gasteiger partial charge is 0.354 e. The van der Waals surface area contributed by atoms with Gasteiger partial charge in [-0.2, -0.15) is 0 Å². The topological polar surface area (TPSA) is 106 Å². The third-order valence-electron chi connectivity index (χ3n) is 3.07.